The van der Waals surface area contributed by atoms with E-state index in [1.807, 2.05) is 0 Å². The summed E-state index contributed by atoms with van der Waals surface area (Å²) in [6, 6.07) is 2.36. The highest BCUT2D eigenvalue weighted by molar-refractivity contribution is 5.33. The molecule has 1 rings (SSSR count). The second kappa shape index (κ2) is 7.00. The Bertz CT molecular complexity index is 715. The van der Waals surface area contributed by atoms with Crippen molar-refractivity contribution in [2.24, 2.45) is 0 Å². The summed E-state index contributed by atoms with van der Waals surface area (Å²) in [6.45, 7) is 0. The summed E-state index contributed by atoms with van der Waals surface area (Å²) in [5.74, 6) is -28.5. The molecule has 15 heteroatoms. The van der Waals surface area contributed by atoms with Crippen LogP contribution in [0.25, 0.3) is 0 Å². The summed E-state index contributed by atoms with van der Waals surface area (Å²) >= 11 is 0. The van der Waals surface area contributed by atoms with Crippen LogP contribution >= 0.6 is 0 Å². The van der Waals surface area contributed by atoms with Gasteiger partial charge in [-0.3, -0.25) is 10.1 Å². The number of alkyl halides is 11. The van der Waals surface area contributed by atoms with Gasteiger partial charge in [-0.2, -0.15) is 48.3 Å². The summed E-state index contributed by atoms with van der Waals surface area (Å²) in [5.41, 5.74) is -1.38. The second-order valence-electron chi connectivity index (χ2n) is 5.49. The smallest absolute Gasteiger partial charge is 0.388 e. The molecule has 0 spiro atoms. The third-order valence-corrected chi connectivity index (χ3v) is 3.54. The highest BCUT2D eigenvalue weighted by atomic mass is 19.4. The molecular weight excluding hydrogens is 427 g/mol. The van der Waals surface area contributed by atoms with Gasteiger partial charge in [-0.05, 0) is 17.7 Å². The quantitative estimate of drug-likeness (QED) is 0.367. The summed E-state index contributed by atoms with van der Waals surface area (Å²) < 4.78 is 141. The van der Waals surface area contributed by atoms with E-state index in [-0.39, 0.29) is 0 Å². The number of hydrogen-bond donors (Lipinski definition) is 1. The fourth-order valence-electron chi connectivity index (χ4n) is 1.91. The summed E-state index contributed by atoms with van der Waals surface area (Å²) in [4.78, 5) is 9.43. The van der Waals surface area contributed by atoms with Gasteiger partial charge in [-0.25, -0.2) is 0 Å². The maximum Gasteiger partial charge on any atom is 0.460 e. The van der Waals surface area contributed by atoms with Crippen molar-refractivity contribution in [3.05, 3.63) is 39.9 Å². The Balaban J connectivity index is 3.20. The fraction of sp³-hybridized carbons (Fsp3) is 0.538. The number of aliphatic hydroxyl groups excluding tert-OH is 1. The number of halogens is 11. The number of hydrogen-bond acceptors (Lipinski definition) is 3. The molecule has 1 aromatic carbocycles. The SMILES string of the molecule is O=[N+]([O-])c1ccc(C(O)CC(F)(F)C(F)(F)C(F)(F)C(F)(F)C(F)(F)F)cc1. The molecule has 4 nitrogen and oxygen atoms in total. The van der Waals surface area contributed by atoms with E-state index in [1.165, 1.54) is 0 Å². The third kappa shape index (κ3) is 3.84. The van der Waals surface area contributed by atoms with Crippen LogP contribution < -0.4 is 0 Å². The van der Waals surface area contributed by atoms with E-state index in [0.717, 1.165) is 0 Å². The lowest BCUT2D eigenvalue weighted by atomic mass is 9.92. The van der Waals surface area contributed by atoms with E-state index < -0.39 is 58.6 Å². The Labute approximate surface area is 147 Å². The van der Waals surface area contributed by atoms with Gasteiger partial charge in [0, 0.05) is 18.6 Å². The molecule has 0 aromatic heterocycles. The summed E-state index contributed by atoms with van der Waals surface area (Å²) in [5, 5.41) is 19.8. The lowest BCUT2D eigenvalue weighted by Crippen LogP contribution is -2.66. The fourth-order valence-corrected chi connectivity index (χ4v) is 1.91. The summed E-state index contributed by atoms with van der Waals surface area (Å²) in [6.07, 6.45) is -12.7. The zero-order chi connectivity index (χ0) is 22.3. The molecule has 0 saturated heterocycles. The predicted molar refractivity (Wildman–Crippen MR) is 68.5 cm³/mol. The van der Waals surface area contributed by atoms with E-state index in [4.69, 9.17) is 0 Å². The molecule has 160 valence electrons. The van der Waals surface area contributed by atoms with E-state index >= 15 is 0 Å². The van der Waals surface area contributed by atoms with Crippen molar-refractivity contribution < 1.29 is 58.3 Å². The number of nitro groups is 1. The van der Waals surface area contributed by atoms with Crippen LogP contribution in [0.1, 0.15) is 18.1 Å². The zero-order valence-electron chi connectivity index (χ0n) is 13.0. The van der Waals surface area contributed by atoms with Gasteiger partial charge < -0.3 is 5.11 Å². The molecule has 0 saturated carbocycles. The first-order valence-corrected chi connectivity index (χ1v) is 6.80. The molecule has 28 heavy (non-hydrogen) atoms. The molecule has 0 aliphatic heterocycles. The van der Waals surface area contributed by atoms with E-state index in [0.29, 0.717) is 24.3 Å². The largest absolute Gasteiger partial charge is 0.460 e. The second-order valence-corrected chi connectivity index (χ2v) is 5.49. The molecule has 0 aliphatic rings. The monoisotopic (exact) mass is 435 g/mol. The van der Waals surface area contributed by atoms with Crippen LogP contribution in [0.5, 0.6) is 0 Å². The molecule has 1 unspecified atom stereocenters. The Morgan fingerprint density at radius 1 is 0.821 bits per heavy atom. The Kier molecular flexibility index (Phi) is 5.97. The van der Waals surface area contributed by atoms with Crippen molar-refractivity contribution in [2.75, 3.05) is 0 Å². The minimum absolute atomic E-state index is 0.569. The Hall–Kier alpha value is -2.19. The minimum Gasteiger partial charge on any atom is -0.388 e. The highest BCUT2D eigenvalue weighted by Gasteiger charge is 2.87. The van der Waals surface area contributed by atoms with Crippen molar-refractivity contribution >= 4 is 5.69 Å². The molecule has 1 N–H and O–H groups in total. The van der Waals surface area contributed by atoms with Crippen LogP contribution in [0.4, 0.5) is 54.0 Å². The number of benzene rings is 1. The average Bonchev–Trinajstić information content (AvgIpc) is 2.52. The van der Waals surface area contributed by atoms with Gasteiger partial charge in [0.2, 0.25) is 0 Å². The molecular formula is C13H8F11NO3. The van der Waals surface area contributed by atoms with E-state index in [9.17, 15) is 63.5 Å². The van der Waals surface area contributed by atoms with Gasteiger partial charge in [0.05, 0.1) is 11.0 Å². The number of aliphatic hydroxyl groups is 1. The first-order valence-electron chi connectivity index (χ1n) is 6.80. The van der Waals surface area contributed by atoms with Gasteiger partial charge in [-0.1, -0.05) is 0 Å². The maximum atomic E-state index is 13.6. The van der Waals surface area contributed by atoms with Crippen LogP contribution in [0, 0.1) is 10.1 Å². The number of nitro benzene ring substituents is 1. The van der Waals surface area contributed by atoms with Crippen molar-refractivity contribution in [3.8, 4) is 0 Å². The molecule has 0 radical (unpaired) electrons. The van der Waals surface area contributed by atoms with Gasteiger partial charge >= 0.3 is 29.9 Å². The molecule has 0 bridgehead atoms. The van der Waals surface area contributed by atoms with Crippen LogP contribution in [0.3, 0.4) is 0 Å². The van der Waals surface area contributed by atoms with Crippen LogP contribution in [0.2, 0.25) is 0 Å². The molecule has 0 amide bonds. The lowest BCUT2D eigenvalue weighted by Gasteiger charge is -2.37. The van der Waals surface area contributed by atoms with Gasteiger partial charge in [-0.15, -0.1) is 0 Å². The third-order valence-electron chi connectivity index (χ3n) is 3.54. The molecule has 1 aromatic rings. The summed E-state index contributed by atoms with van der Waals surface area (Å²) in [7, 11) is 0. The maximum absolute atomic E-state index is 13.6. The van der Waals surface area contributed by atoms with Crippen LogP contribution in [-0.2, 0) is 0 Å². The molecule has 0 heterocycles. The normalized spacial score (nSPS) is 15.4. The Morgan fingerprint density at radius 2 is 1.25 bits per heavy atom. The van der Waals surface area contributed by atoms with E-state index in [1.54, 1.807) is 0 Å². The van der Waals surface area contributed by atoms with Crippen LogP contribution in [0.15, 0.2) is 24.3 Å². The molecule has 1 atom stereocenters. The topological polar surface area (TPSA) is 63.4 Å². The molecule has 0 aliphatic carbocycles. The number of nitrogens with zero attached hydrogens (tertiary/aromatic N) is 1. The van der Waals surface area contributed by atoms with Crippen molar-refractivity contribution in [3.63, 3.8) is 0 Å². The lowest BCUT2D eigenvalue weighted by molar-refractivity contribution is -0.423. The van der Waals surface area contributed by atoms with Gasteiger partial charge in [0.1, 0.15) is 0 Å². The zero-order valence-corrected chi connectivity index (χ0v) is 13.0. The number of rotatable bonds is 7. The first-order chi connectivity index (χ1) is 12.3. The van der Waals surface area contributed by atoms with Crippen LogP contribution in [-0.4, -0.2) is 39.9 Å². The van der Waals surface area contributed by atoms with Gasteiger partial charge in [0.15, 0.2) is 0 Å². The van der Waals surface area contributed by atoms with Crippen molar-refractivity contribution in [1.29, 1.82) is 0 Å². The first kappa shape index (κ1) is 23.8. The van der Waals surface area contributed by atoms with Crippen molar-refractivity contribution in [1.82, 2.24) is 0 Å². The molecule has 0 fully saturated rings. The number of non-ortho nitro benzene ring substituents is 1. The Morgan fingerprint density at radius 3 is 1.61 bits per heavy atom. The standard InChI is InChI=1S/C13H8F11NO3/c14-9(15,5-8(26)6-1-3-7(4-2-6)25(27)28)10(16,17)11(18,19)12(20,21)13(22,23)24/h1-4,8,26H,5H2. The van der Waals surface area contributed by atoms with Gasteiger partial charge in [0.25, 0.3) is 5.69 Å². The average molecular weight is 435 g/mol. The predicted octanol–water partition coefficient (Wildman–Crippen LogP) is 5.12. The highest BCUT2D eigenvalue weighted by Crippen LogP contribution is 2.58. The van der Waals surface area contributed by atoms with Crippen molar-refractivity contribution in [2.45, 2.75) is 42.4 Å². The van der Waals surface area contributed by atoms with E-state index in [2.05, 4.69) is 0 Å². The minimum atomic E-state index is -7.56.